The zero-order valence-corrected chi connectivity index (χ0v) is 22.2. The number of methoxy groups -OCH3 is 3. The number of carbonyl (C=O) groups is 2. The molecule has 0 aliphatic carbocycles. The number of esters is 1. The monoisotopic (exact) mass is 537 g/mol. The number of nitrogens with one attached hydrogen (secondary N) is 2. The van der Waals surface area contributed by atoms with Crippen LogP contribution < -0.4 is 48.8 Å². The molecule has 0 spiro atoms. The fraction of sp³-hybridized carbons (Fsp3) is 0.652. The number of amides is 1. The van der Waals surface area contributed by atoms with Gasteiger partial charge in [-0.05, 0) is 12.1 Å². The number of morpholine rings is 1. The molecule has 3 rings (SSSR count). The van der Waals surface area contributed by atoms with Crippen molar-refractivity contribution in [2.75, 3.05) is 93.5 Å². The smallest absolute Gasteiger partial charge is 0.338 e. The predicted molar refractivity (Wildman–Crippen MR) is 120 cm³/mol. The number of quaternary nitrogens is 2. The van der Waals surface area contributed by atoms with Crippen molar-refractivity contribution in [3.05, 3.63) is 17.7 Å². The molecule has 0 aromatic heterocycles. The van der Waals surface area contributed by atoms with Crippen molar-refractivity contribution in [1.29, 1.82) is 0 Å². The van der Waals surface area contributed by atoms with Crippen LogP contribution in [0.3, 0.4) is 0 Å². The van der Waals surface area contributed by atoms with Crippen LogP contribution in [0.4, 0.5) is 0 Å². The highest BCUT2D eigenvalue weighted by Crippen LogP contribution is 2.38. The summed E-state index contributed by atoms with van der Waals surface area (Å²) in [5.41, 5.74) is 0.360. The van der Waals surface area contributed by atoms with Crippen LogP contribution in [-0.4, -0.2) is 110 Å². The van der Waals surface area contributed by atoms with Gasteiger partial charge in [-0.2, -0.15) is 0 Å². The number of piperazine rings is 1. The van der Waals surface area contributed by atoms with Gasteiger partial charge in [-0.15, -0.1) is 0 Å². The van der Waals surface area contributed by atoms with Crippen LogP contribution in [0.25, 0.3) is 0 Å². The molecule has 0 bridgehead atoms. The number of carbonyl (C=O) groups excluding carboxylic acids is 2. The van der Waals surface area contributed by atoms with Gasteiger partial charge in [0.2, 0.25) is 5.75 Å². The van der Waals surface area contributed by atoms with Crippen molar-refractivity contribution >= 4 is 11.9 Å². The molecule has 1 aromatic carbocycles. The van der Waals surface area contributed by atoms with E-state index in [9.17, 15) is 9.59 Å². The number of hydrogen-bond acceptors (Lipinski definition) is 7. The highest BCUT2D eigenvalue weighted by atomic mass is 35.5. The molecule has 2 aliphatic rings. The standard InChI is InChI=1S/C23H35N3O7.2ClH/c1-29-19-15-18(16-20(30-2)22(19)31-3)23(28)33-12-4-5-24-6-8-25(9-7-24)17-21(27)26-10-13-32-14-11-26;;/h15-16H,4-14,17H2,1-3H3;2*1H. The molecule has 2 fully saturated rings. The van der Waals surface area contributed by atoms with E-state index in [0.29, 0.717) is 62.3 Å². The Hall–Kier alpha value is -1.98. The van der Waals surface area contributed by atoms with E-state index in [1.807, 2.05) is 4.90 Å². The summed E-state index contributed by atoms with van der Waals surface area (Å²) in [5, 5.41) is 0. The third-order valence-corrected chi connectivity index (χ3v) is 6.24. The minimum absolute atomic E-state index is 0. The number of rotatable bonds is 10. The summed E-state index contributed by atoms with van der Waals surface area (Å²) in [6, 6.07) is 3.18. The first-order valence-electron chi connectivity index (χ1n) is 11.6. The molecular weight excluding hydrogens is 501 g/mol. The Bertz CT molecular complexity index is 776. The van der Waals surface area contributed by atoms with Crippen molar-refractivity contribution in [3.63, 3.8) is 0 Å². The highest BCUT2D eigenvalue weighted by Gasteiger charge is 2.27. The maximum atomic E-state index is 12.5. The Balaban J connectivity index is 0.00000306. The Labute approximate surface area is 219 Å². The van der Waals surface area contributed by atoms with E-state index >= 15 is 0 Å². The van der Waals surface area contributed by atoms with Gasteiger partial charge in [0.1, 0.15) is 26.2 Å². The van der Waals surface area contributed by atoms with Crippen LogP contribution in [0.1, 0.15) is 16.8 Å². The Kier molecular flexibility index (Phi) is 14.1. The molecule has 35 heavy (non-hydrogen) atoms. The molecule has 0 saturated carbocycles. The van der Waals surface area contributed by atoms with Gasteiger partial charge in [-0.3, -0.25) is 4.79 Å². The highest BCUT2D eigenvalue weighted by molar-refractivity contribution is 5.91. The lowest BCUT2D eigenvalue weighted by molar-refractivity contribution is -1.01. The molecule has 0 atom stereocenters. The lowest BCUT2D eigenvalue weighted by Crippen LogP contribution is -3.28. The second-order valence-electron chi connectivity index (χ2n) is 8.32. The fourth-order valence-corrected chi connectivity index (χ4v) is 4.29. The second-order valence-corrected chi connectivity index (χ2v) is 8.32. The number of benzene rings is 1. The number of nitrogens with zero attached hydrogens (tertiary/aromatic N) is 1. The van der Waals surface area contributed by atoms with Crippen molar-refractivity contribution in [2.45, 2.75) is 6.42 Å². The Morgan fingerprint density at radius 1 is 0.914 bits per heavy atom. The van der Waals surface area contributed by atoms with E-state index in [4.69, 9.17) is 23.7 Å². The molecule has 0 unspecified atom stereocenters. The molecular formula is C23H37Cl2N3O7. The van der Waals surface area contributed by atoms with Crippen molar-refractivity contribution in [3.8, 4) is 17.2 Å². The summed E-state index contributed by atoms with van der Waals surface area (Å²) in [5.74, 6) is 1.09. The van der Waals surface area contributed by atoms with E-state index in [-0.39, 0.29) is 30.7 Å². The number of hydrogen-bond donors (Lipinski definition) is 2. The normalized spacial score (nSPS) is 19.6. The van der Waals surface area contributed by atoms with Crippen LogP contribution in [-0.2, 0) is 14.3 Å². The summed E-state index contributed by atoms with van der Waals surface area (Å²) >= 11 is 0. The molecule has 2 saturated heterocycles. The lowest BCUT2D eigenvalue weighted by Gasteiger charge is -2.32. The zero-order valence-electron chi connectivity index (χ0n) is 20.7. The van der Waals surface area contributed by atoms with Crippen LogP contribution in [0, 0.1) is 0 Å². The number of halogens is 2. The summed E-state index contributed by atoms with van der Waals surface area (Å²) < 4.78 is 26.7. The maximum absolute atomic E-state index is 12.5. The Morgan fingerprint density at radius 3 is 2.03 bits per heavy atom. The van der Waals surface area contributed by atoms with E-state index in [1.54, 1.807) is 12.1 Å². The zero-order chi connectivity index (χ0) is 23.6. The number of ether oxygens (including phenoxy) is 5. The van der Waals surface area contributed by atoms with Gasteiger partial charge in [-0.1, -0.05) is 0 Å². The van der Waals surface area contributed by atoms with Gasteiger partial charge in [0.25, 0.3) is 5.91 Å². The molecule has 2 N–H and O–H groups in total. The van der Waals surface area contributed by atoms with Crippen LogP contribution in [0.15, 0.2) is 12.1 Å². The molecule has 1 amide bonds. The first-order chi connectivity index (χ1) is 16.0. The summed E-state index contributed by atoms with van der Waals surface area (Å²) in [6.07, 6.45) is 0.785. The third-order valence-electron chi connectivity index (χ3n) is 6.24. The maximum Gasteiger partial charge on any atom is 0.338 e. The molecule has 1 aromatic rings. The van der Waals surface area contributed by atoms with Crippen molar-refractivity contribution in [1.82, 2.24) is 4.90 Å². The molecule has 2 heterocycles. The minimum Gasteiger partial charge on any atom is -1.00 e. The van der Waals surface area contributed by atoms with Crippen LogP contribution >= 0.6 is 0 Å². The minimum atomic E-state index is -0.417. The molecule has 0 radical (unpaired) electrons. The summed E-state index contributed by atoms with van der Waals surface area (Å²) in [6.45, 7) is 8.56. The quantitative estimate of drug-likeness (QED) is 0.226. The largest absolute Gasteiger partial charge is 1.00 e. The molecule has 12 heteroatoms. The van der Waals surface area contributed by atoms with Gasteiger partial charge in [-0.25, -0.2) is 4.79 Å². The lowest BCUT2D eigenvalue weighted by atomic mass is 10.2. The van der Waals surface area contributed by atoms with Crippen LogP contribution in [0.5, 0.6) is 17.2 Å². The average Bonchev–Trinajstić information content (AvgIpc) is 2.86. The van der Waals surface area contributed by atoms with Crippen molar-refractivity contribution < 1.29 is 67.9 Å². The predicted octanol–water partition coefficient (Wildman–Crippen LogP) is -8.09. The summed E-state index contributed by atoms with van der Waals surface area (Å²) in [7, 11) is 4.54. The van der Waals surface area contributed by atoms with E-state index in [1.165, 1.54) is 31.1 Å². The van der Waals surface area contributed by atoms with E-state index in [2.05, 4.69) is 0 Å². The first kappa shape index (κ1) is 31.1. The van der Waals surface area contributed by atoms with Gasteiger partial charge in [0.15, 0.2) is 18.0 Å². The van der Waals surface area contributed by atoms with E-state index in [0.717, 1.165) is 39.1 Å². The fourth-order valence-electron chi connectivity index (χ4n) is 4.29. The average molecular weight is 538 g/mol. The molecule has 10 nitrogen and oxygen atoms in total. The third kappa shape index (κ3) is 8.88. The van der Waals surface area contributed by atoms with E-state index < -0.39 is 5.97 Å². The topological polar surface area (TPSA) is 92.4 Å². The first-order valence-corrected chi connectivity index (χ1v) is 11.6. The second kappa shape index (κ2) is 15.9. The molecule has 200 valence electrons. The SMILES string of the molecule is COc1cc(C(=O)OCCC[NH+]2CC[NH+](CC(=O)N3CCOCC3)CC2)cc(OC)c1OC.[Cl-].[Cl-]. The Morgan fingerprint density at radius 2 is 1.49 bits per heavy atom. The van der Waals surface area contributed by atoms with Crippen molar-refractivity contribution in [2.24, 2.45) is 0 Å². The summed E-state index contributed by atoms with van der Waals surface area (Å²) in [4.78, 5) is 29.7. The van der Waals surface area contributed by atoms with Crippen LogP contribution in [0.2, 0.25) is 0 Å². The van der Waals surface area contributed by atoms with Gasteiger partial charge < -0.3 is 63.2 Å². The van der Waals surface area contributed by atoms with Gasteiger partial charge in [0.05, 0.1) is 53.3 Å². The molecule has 2 aliphatic heterocycles. The van der Waals surface area contributed by atoms with Gasteiger partial charge >= 0.3 is 5.97 Å². The van der Waals surface area contributed by atoms with Gasteiger partial charge in [0, 0.05) is 19.5 Å².